The first kappa shape index (κ1) is 10.0. The van der Waals surface area contributed by atoms with Crippen LogP contribution in [0, 0.1) is 11.8 Å². The Kier molecular flexibility index (Phi) is 2.91. The molecule has 0 aromatic carbocycles. The molecule has 1 aliphatic carbocycles. The fourth-order valence-electron chi connectivity index (χ4n) is 1.63. The van der Waals surface area contributed by atoms with Crippen molar-refractivity contribution in [3.05, 3.63) is 23.0 Å². The van der Waals surface area contributed by atoms with Crippen molar-refractivity contribution < 1.29 is 9.90 Å². The molecule has 2 unspecified atom stereocenters. The summed E-state index contributed by atoms with van der Waals surface area (Å²) in [5.41, 5.74) is 2.02. The molecule has 0 heterocycles. The normalized spacial score (nSPS) is 28.2. The molecular formula is C11H16O2. The first-order chi connectivity index (χ1) is 6.06. The highest BCUT2D eigenvalue weighted by Gasteiger charge is 2.24. The van der Waals surface area contributed by atoms with Gasteiger partial charge in [0, 0.05) is 5.92 Å². The molecule has 0 aromatic heterocycles. The van der Waals surface area contributed by atoms with Crippen LogP contribution in [-0.2, 0) is 4.79 Å². The Labute approximate surface area is 79.0 Å². The number of carbonyl (C=O) groups is 1. The van der Waals surface area contributed by atoms with Crippen molar-refractivity contribution in [2.75, 3.05) is 0 Å². The summed E-state index contributed by atoms with van der Waals surface area (Å²) < 4.78 is 0. The van der Waals surface area contributed by atoms with Crippen LogP contribution in [0.3, 0.4) is 0 Å². The lowest BCUT2D eigenvalue weighted by molar-refractivity contribution is -0.112. The van der Waals surface area contributed by atoms with Crippen LogP contribution in [0.5, 0.6) is 0 Å². The highest BCUT2D eigenvalue weighted by atomic mass is 16.3. The van der Waals surface area contributed by atoms with Gasteiger partial charge in [-0.1, -0.05) is 12.5 Å². The Morgan fingerprint density at radius 3 is 2.69 bits per heavy atom. The summed E-state index contributed by atoms with van der Waals surface area (Å²) in [6.07, 6.45) is 3.43. The van der Waals surface area contributed by atoms with Gasteiger partial charge in [0.05, 0.1) is 0 Å². The number of allylic oxidation sites excluding steroid dienone is 3. The van der Waals surface area contributed by atoms with Gasteiger partial charge in [-0.3, -0.25) is 0 Å². The lowest BCUT2D eigenvalue weighted by Crippen LogP contribution is -2.18. The Morgan fingerprint density at radius 2 is 2.23 bits per heavy atom. The first-order valence-electron chi connectivity index (χ1n) is 4.59. The molecule has 0 saturated carbocycles. The van der Waals surface area contributed by atoms with Crippen molar-refractivity contribution in [3.63, 3.8) is 0 Å². The zero-order valence-electron chi connectivity index (χ0n) is 8.37. The maximum atomic E-state index is 10.7. The molecule has 0 spiro atoms. The van der Waals surface area contributed by atoms with Crippen LogP contribution >= 0.6 is 0 Å². The van der Waals surface area contributed by atoms with Crippen molar-refractivity contribution in [1.82, 2.24) is 0 Å². The lowest BCUT2D eigenvalue weighted by atomic mass is 9.81. The van der Waals surface area contributed by atoms with Gasteiger partial charge >= 0.3 is 0 Å². The molecule has 2 nitrogen and oxygen atoms in total. The van der Waals surface area contributed by atoms with E-state index in [2.05, 4.69) is 0 Å². The fourth-order valence-corrected chi connectivity index (χ4v) is 1.63. The second-order valence-corrected chi connectivity index (χ2v) is 3.89. The monoisotopic (exact) mass is 180 g/mol. The van der Waals surface area contributed by atoms with Crippen molar-refractivity contribution in [2.24, 2.45) is 11.8 Å². The van der Waals surface area contributed by atoms with E-state index in [1.807, 2.05) is 20.8 Å². The number of hydrogen-bond donors (Lipinski definition) is 1. The largest absolute Gasteiger partial charge is 0.508 e. The number of hydrogen-bond acceptors (Lipinski definition) is 2. The highest BCUT2D eigenvalue weighted by molar-refractivity contribution is 5.57. The summed E-state index contributed by atoms with van der Waals surface area (Å²) in [6, 6.07) is 0. The molecule has 2 heteroatoms. The molecule has 1 rings (SSSR count). The molecule has 2 atom stereocenters. The van der Waals surface area contributed by atoms with E-state index in [4.69, 9.17) is 0 Å². The molecule has 0 saturated heterocycles. The van der Waals surface area contributed by atoms with E-state index in [9.17, 15) is 9.90 Å². The van der Waals surface area contributed by atoms with Gasteiger partial charge in [0.15, 0.2) is 0 Å². The number of aliphatic hydroxyl groups is 1. The summed E-state index contributed by atoms with van der Waals surface area (Å²) in [5, 5.41) is 9.61. The fraction of sp³-hybridized carbons (Fsp3) is 0.545. The standard InChI is InChI=1S/C11H16O2/c1-7(2)10-5-9(6-12)8(3)4-11(10)13/h4,6,8-9,13H,5H2,1-3H3. The lowest BCUT2D eigenvalue weighted by Gasteiger charge is -2.24. The van der Waals surface area contributed by atoms with Crippen LogP contribution in [-0.4, -0.2) is 11.4 Å². The SMILES string of the molecule is CC(C)=C1CC(C=O)C(C)C=C1O. The van der Waals surface area contributed by atoms with E-state index in [1.54, 1.807) is 6.08 Å². The summed E-state index contributed by atoms with van der Waals surface area (Å²) in [5.74, 6) is 0.534. The molecular weight excluding hydrogens is 164 g/mol. The minimum atomic E-state index is 0.0285. The maximum Gasteiger partial charge on any atom is 0.123 e. The van der Waals surface area contributed by atoms with E-state index >= 15 is 0 Å². The van der Waals surface area contributed by atoms with Gasteiger partial charge in [0.25, 0.3) is 0 Å². The predicted octanol–water partition coefficient (Wildman–Crippen LogP) is 2.62. The van der Waals surface area contributed by atoms with Crippen LogP contribution in [0.4, 0.5) is 0 Å². The average Bonchev–Trinajstić information content (AvgIpc) is 2.03. The minimum Gasteiger partial charge on any atom is -0.508 e. The third kappa shape index (κ3) is 2.00. The minimum absolute atomic E-state index is 0.0285. The highest BCUT2D eigenvalue weighted by Crippen LogP contribution is 2.31. The van der Waals surface area contributed by atoms with Gasteiger partial charge in [-0.15, -0.1) is 0 Å². The van der Waals surface area contributed by atoms with Crippen LogP contribution in [0.15, 0.2) is 23.0 Å². The summed E-state index contributed by atoms with van der Waals surface area (Å²) in [6.45, 7) is 5.87. The van der Waals surface area contributed by atoms with Crippen LogP contribution in [0.1, 0.15) is 27.2 Å². The molecule has 1 N–H and O–H groups in total. The predicted molar refractivity (Wildman–Crippen MR) is 52.4 cm³/mol. The zero-order valence-corrected chi connectivity index (χ0v) is 8.37. The van der Waals surface area contributed by atoms with E-state index in [-0.39, 0.29) is 11.8 Å². The molecule has 13 heavy (non-hydrogen) atoms. The maximum absolute atomic E-state index is 10.7. The van der Waals surface area contributed by atoms with Gasteiger partial charge in [0.1, 0.15) is 12.0 Å². The van der Waals surface area contributed by atoms with Crippen molar-refractivity contribution >= 4 is 6.29 Å². The second kappa shape index (κ2) is 3.77. The Balaban J connectivity index is 3.01. The average molecular weight is 180 g/mol. The van der Waals surface area contributed by atoms with E-state index in [0.29, 0.717) is 12.2 Å². The molecule has 0 fully saturated rings. The zero-order chi connectivity index (χ0) is 10.0. The van der Waals surface area contributed by atoms with Gasteiger partial charge < -0.3 is 9.90 Å². The van der Waals surface area contributed by atoms with E-state index in [1.165, 1.54) is 0 Å². The molecule has 0 radical (unpaired) electrons. The smallest absolute Gasteiger partial charge is 0.123 e. The van der Waals surface area contributed by atoms with Crippen molar-refractivity contribution in [3.8, 4) is 0 Å². The number of rotatable bonds is 1. The molecule has 72 valence electrons. The van der Waals surface area contributed by atoms with Crippen molar-refractivity contribution in [2.45, 2.75) is 27.2 Å². The van der Waals surface area contributed by atoms with Gasteiger partial charge in [-0.05, 0) is 37.8 Å². The number of carbonyl (C=O) groups excluding carboxylic acids is 1. The molecule has 0 aliphatic heterocycles. The number of aldehydes is 1. The summed E-state index contributed by atoms with van der Waals surface area (Å²) in [7, 11) is 0. The topological polar surface area (TPSA) is 37.3 Å². The van der Waals surface area contributed by atoms with Crippen LogP contribution < -0.4 is 0 Å². The van der Waals surface area contributed by atoms with Gasteiger partial charge in [-0.2, -0.15) is 0 Å². The summed E-state index contributed by atoms with van der Waals surface area (Å²) >= 11 is 0. The molecule has 0 bridgehead atoms. The second-order valence-electron chi connectivity index (χ2n) is 3.89. The quantitative estimate of drug-likeness (QED) is 0.630. The van der Waals surface area contributed by atoms with Gasteiger partial charge in [0.2, 0.25) is 0 Å². The van der Waals surface area contributed by atoms with Crippen LogP contribution in [0.2, 0.25) is 0 Å². The Hall–Kier alpha value is -1.05. The number of aliphatic hydroxyl groups excluding tert-OH is 1. The van der Waals surface area contributed by atoms with Gasteiger partial charge in [-0.25, -0.2) is 0 Å². The van der Waals surface area contributed by atoms with E-state index < -0.39 is 0 Å². The Morgan fingerprint density at radius 1 is 1.62 bits per heavy atom. The molecule has 1 aliphatic rings. The van der Waals surface area contributed by atoms with Crippen molar-refractivity contribution in [1.29, 1.82) is 0 Å². The Bertz CT molecular complexity index is 270. The summed E-state index contributed by atoms with van der Waals surface area (Å²) in [4.78, 5) is 10.7. The molecule has 0 aromatic rings. The third-order valence-corrected chi connectivity index (χ3v) is 2.62. The molecule has 0 amide bonds. The third-order valence-electron chi connectivity index (χ3n) is 2.62. The van der Waals surface area contributed by atoms with Crippen LogP contribution in [0.25, 0.3) is 0 Å². The first-order valence-corrected chi connectivity index (χ1v) is 4.59. The van der Waals surface area contributed by atoms with E-state index in [0.717, 1.165) is 17.4 Å².